The standard InChI is InChI=1S/C13H16N2O4/c16-8-11(12(17)18)14-13(19)15-6-5-9-3-1-2-4-10(9)7-15/h1-4,11,16H,5-8H2,(H,14,19)(H,17,18)/t11-/m1/s1. The van der Waals surface area contributed by atoms with Crippen molar-refractivity contribution in [1.82, 2.24) is 10.2 Å². The molecule has 1 atom stereocenters. The maximum atomic E-state index is 11.9. The van der Waals surface area contributed by atoms with E-state index in [1.54, 1.807) is 4.90 Å². The molecule has 1 aromatic carbocycles. The summed E-state index contributed by atoms with van der Waals surface area (Å²) >= 11 is 0. The molecule has 0 unspecified atom stereocenters. The van der Waals surface area contributed by atoms with E-state index in [0.29, 0.717) is 13.1 Å². The maximum absolute atomic E-state index is 11.9. The lowest BCUT2D eigenvalue weighted by Crippen LogP contribution is -2.50. The van der Waals surface area contributed by atoms with E-state index in [2.05, 4.69) is 5.32 Å². The van der Waals surface area contributed by atoms with Crippen molar-refractivity contribution < 1.29 is 19.8 Å². The average Bonchev–Trinajstić information content (AvgIpc) is 2.43. The molecule has 0 saturated heterocycles. The number of benzene rings is 1. The number of urea groups is 1. The van der Waals surface area contributed by atoms with E-state index in [9.17, 15) is 9.59 Å². The van der Waals surface area contributed by atoms with Crippen molar-refractivity contribution in [1.29, 1.82) is 0 Å². The Bertz CT molecular complexity index is 489. The largest absolute Gasteiger partial charge is 0.480 e. The van der Waals surface area contributed by atoms with Gasteiger partial charge in [0.25, 0.3) is 0 Å². The summed E-state index contributed by atoms with van der Waals surface area (Å²) in [7, 11) is 0. The Morgan fingerprint density at radius 1 is 1.32 bits per heavy atom. The third-order valence-electron chi connectivity index (χ3n) is 3.20. The van der Waals surface area contributed by atoms with E-state index in [-0.39, 0.29) is 0 Å². The number of rotatable bonds is 3. The van der Waals surface area contributed by atoms with Crippen molar-refractivity contribution in [3.8, 4) is 0 Å². The van der Waals surface area contributed by atoms with Crippen LogP contribution in [0.3, 0.4) is 0 Å². The van der Waals surface area contributed by atoms with Gasteiger partial charge in [-0.3, -0.25) is 0 Å². The topological polar surface area (TPSA) is 89.9 Å². The minimum Gasteiger partial charge on any atom is -0.480 e. The highest BCUT2D eigenvalue weighted by Crippen LogP contribution is 2.18. The summed E-state index contributed by atoms with van der Waals surface area (Å²) in [6, 6.07) is 6.13. The lowest BCUT2D eigenvalue weighted by Gasteiger charge is -2.29. The van der Waals surface area contributed by atoms with Gasteiger partial charge in [0, 0.05) is 13.1 Å². The maximum Gasteiger partial charge on any atom is 0.328 e. The summed E-state index contributed by atoms with van der Waals surface area (Å²) in [6.45, 7) is 0.381. The van der Waals surface area contributed by atoms with Crippen LogP contribution in [0.1, 0.15) is 11.1 Å². The van der Waals surface area contributed by atoms with Crippen molar-refractivity contribution >= 4 is 12.0 Å². The third kappa shape index (κ3) is 3.03. The molecule has 19 heavy (non-hydrogen) atoms. The van der Waals surface area contributed by atoms with E-state index in [1.165, 1.54) is 5.56 Å². The molecule has 0 radical (unpaired) electrons. The Hall–Kier alpha value is -2.08. The summed E-state index contributed by atoms with van der Waals surface area (Å²) in [5, 5.41) is 20.0. The zero-order valence-electron chi connectivity index (χ0n) is 10.4. The molecule has 2 amide bonds. The molecule has 1 aliphatic rings. The molecular formula is C13H16N2O4. The molecule has 0 aromatic heterocycles. The van der Waals surface area contributed by atoms with E-state index in [1.807, 2.05) is 24.3 Å². The molecule has 1 aliphatic heterocycles. The van der Waals surface area contributed by atoms with Crippen molar-refractivity contribution in [2.24, 2.45) is 0 Å². The molecule has 1 aromatic rings. The second-order valence-electron chi connectivity index (χ2n) is 4.46. The summed E-state index contributed by atoms with van der Waals surface area (Å²) in [5.74, 6) is -1.24. The summed E-state index contributed by atoms with van der Waals surface area (Å²) in [6.07, 6.45) is 0.750. The van der Waals surface area contributed by atoms with Gasteiger partial charge in [-0.15, -0.1) is 0 Å². The van der Waals surface area contributed by atoms with Crippen LogP contribution in [-0.4, -0.2) is 46.3 Å². The highest BCUT2D eigenvalue weighted by atomic mass is 16.4. The van der Waals surface area contributed by atoms with Gasteiger partial charge < -0.3 is 20.4 Å². The molecular weight excluding hydrogens is 248 g/mol. The highest BCUT2D eigenvalue weighted by Gasteiger charge is 2.24. The minimum atomic E-state index is -1.26. The zero-order chi connectivity index (χ0) is 13.8. The van der Waals surface area contributed by atoms with Crippen LogP contribution in [0, 0.1) is 0 Å². The molecule has 0 saturated carbocycles. The predicted octanol–water partition coefficient (Wildman–Crippen LogP) is 0.200. The van der Waals surface area contributed by atoms with E-state index < -0.39 is 24.6 Å². The number of nitrogens with zero attached hydrogens (tertiary/aromatic N) is 1. The summed E-state index contributed by atoms with van der Waals surface area (Å²) in [5.41, 5.74) is 2.28. The van der Waals surface area contributed by atoms with Crippen LogP contribution in [0.15, 0.2) is 24.3 Å². The fourth-order valence-electron chi connectivity index (χ4n) is 2.09. The Morgan fingerprint density at radius 2 is 2.00 bits per heavy atom. The van der Waals surface area contributed by atoms with Crippen LogP contribution in [0.5, 0.6) is 0 Å². The SMILES string of the molecule is O=C(O)[C@@H](CO)NC(=O)N1CCc2ccccc2C1. The Labute approximate surface area is 110 Å². The van der Waals surface area contributed by atoms with Crippen molar-refractivity contribution in [3.63, 3.8) is 0 Å². The van der Waals surface area contributed by atoms with Crippen molar-refractivity contribution in [3.05, 3.63) is 35.4 Å². The lowest BCUT2D eigenvalue weighted by atomic mass is 10.0. The smallest absolute Gasteiger partial charge is 0.328 e. The minimum absolute atomic E-state index is 0.458. The molecule has 0 bridgehead atoms. The summed E-state index contributed by atoms with van der Waals surface area (Å²) < 4.78 is 0. The molecule has 102 valence electrons. The lowest BCUT2D eigenvalue weighted by molar-refractivity contribution is -0.140. The molecule has 0 fully saturated rings. The number of aliphatic hydroxyl groups is 1. The van der Waals surface area contributed by atoms with Gasteiger partial charge in [-0.25, -0.2) is 9.59 Å². The summed E-state index contributed by atoms with van der Waals surface area (Å²) in [4.78, 5) is 24.2. The number of nitrogens with one attached hydrogen (secondary N) is 1. The molecule has 6 nitrogen and oxygen atoms in total. The van der Waals surface area contributed by atoms with Crippen LogP contribution in [0.2, 0.25) is 0 Å². The van der Waals surface area contributed by atoms with Crippen LogP contribution in [0.25, 0.3) is 0 Å². The number of carbonyl (C=O) groups is 2. The van der Waals surface area contributed by atoms with Gasteiger partial charge >= 0.3 is 12.0 Å². The number of amides is 2. The normalized spacial score (nSPS) is 15.5. The highest BCUT2D eigenvalue weighted by molar-refractivity contribution is 5.82. The monoisotopic (exact) mass is 264 g/mol. The number of carbonyl (C=O) groups excluding carboxylic acids is 1. The number of aliphatic carboxylic acids is 1. The van der Waals surface area contributed by atoms with Crippen LogP contribution < -0.4 is 5.32 Å². The van der Waals surface area contributed by atoms with E-state index in [4.69, 9.17) is 10.2 Å². The Morgan fingerprint density at radius 3 is 2.63 bits per heavy atom. The first kappa shape index (κ1) is 13.4. The van der Waals surface area contributed by atoms with Crippen molar-refractivity contribution in [2.45, 2.75) is 19.0 Å². The van der Waals surface area contributed by atoms with E-state index >= 15 is 0 Å². The van der Waals surface area contributed by atoms with Crippen molar-refractivity contribution in [2.75, 3.05) is 13.2 Å². The molecule has 6 heteroatoms. The van der Waals surface area contributed by atoms with Gasteiger partial charge in [0.2, 0.25) is 0 Å². The number of fused-ring (bicyclic) bond motifs is 1. The van der Waals surface area contributed by atoms with Crippen LogP contribution in [-0.2, 0) is 17.8 Å². The fraction of sp³-hybridized carbons (Fsp3) is 0.385. The first-order valence-corrected chi connectivity index (χ1v) is 6.07. The molecule has 0 aliphatic carbocycles. The molecule has 2 rings (SSSR count). The van der Waals surface area contributed by atoms with Gasteiger partial charge in [-0.2, -0.15) is 0 Å². The second kappa shape index (κ2) is 5.71. The molecule has 1 heterocycles. The number of hydrogen-bond acceptors (Lipinski definition) is 3. The molecule has 0 spiro atoms. The fourth-order valence-corrected chi connectivity index (χ4v) is 2.09. The number of aliphatic hydroxyl groups excluding tert-OH is 1. The van der Waals surface area contributed by atoms with E-state index in [0.717, 1.165) is 12.0 Å². The Balaban J connectivity index is 2.01. The third-order valence-corrected chi connectivity index (χ3v) is 3.20. The van der Waals surface area contributed by atoms with Gasteiger partial charge in [0.1, 0.15) is 0 Å². The quantitative estimate of drug-likeness (QED) is 0.727. The number of carboxylic acid groups (broad SMARTS) is 1. The predicted molar refractivity (Wildman–Crippen MR) is 67.6 cm³/mol. The Kier molecular flexibility index (Phi) is 4.01. The average molecular weight is 264 g/mol. The van der Waals surface area contributed by atoms with Gasteiger partial charge in [0.15, 0.2) is 6.04 Å². The zero-order valence-corrected chi connectivity index (χ0v) is 10.4. The molecule has 3 N–H and O–H groups in total. The number of hydrogen-bond donors (Lipinski definition) is 3. The van der Waals surface area contributed by atoms with Gasteiger partial charge in [-0.1, -0.05) is 24.3 Å². The van der Waals surface area contributed by atoms with Gasteiger partial charge in [0.05, 0.1) is 6.61 Å². The van der Waals surface area contributed by atoms with Crippen LogP contribution >= 0.6 is 0 Å². The first-order valence-electron chi connectivity index (χ1n) is 6.07. The first-order chi connectivity index (χ1) is 9.11. The van der Waals surface area contributed by atoms with Crippen LogP contribution in [0.4, 0.5) is 4.79 Å². The number of carboxylic acids is 1. The van der Waals surface area contributed by atoms with Gasteiger partial charge in [-0.05, 0) is 17.5 Å². The second-order valence-corrected chi connectivity index (χ2v) is 4.46.